The molecule has 2 atom stereocenters. The second kappa shape index (κ2) is 4.02. The Morgan fingerprint density at radius 1 is 1.44 bits per heavy atom. The lowest BCUT2D eigenvalue weighted by atomic mass is 9.78. The van der Waals surface area contributed by atoms with Gasteiger partial charge in [0.05, 0.1) is 6.04 Å². The van der Waals surface area contributed by atoms with Crippen LogP contribution in [0, 0.1) is 17.3 Å². The molecule has 0 aromatic carbocycles. The van der Waals surface area contributed by atoms with E-state index in [2.05, 4.69) is 20.8 Å². The van der Waals surface area contributed by atoms with Gasteiger partial charge in [-0.1, -0.05) is 20.8 Å². The molecule has 1 aliphatic carbocycles. The van der Waals surface area contributed by atoms with Gasteiger partial charge in [0.1, 0.15) is 0 Å². The summed E-state index contributed by atoms with van der Waals surface area (Å²) in [4.78, 5) is 14.1. The van der Waals surface area contributed by atoms with Crippen LogP contribution in [0.25, 0.3) is 0 Å². The summed E-state index contributed by atoms with van der Waals surface area (Å²) in [6, 6.07) is -0.227. The molecule has 1 amide bonds. The third kappa shape index (κ3) is 2.10. The minimum absolute atomic E-state index is 0.187. The van der Waals surface area contributed by atoms with Crippen molar-refractivity contribution in [1.29, 1.82) is 0 Å². The van der Waals surface area contributed by atoms with Crippen molar-refractivity contribution >= 4 is 5.91 Å². The molecule has 92 valence electrons. The fraction of sp³-hybridized carbons (Fsp3) is 0.923. The Bertz CT molecular complexity index is 286. The van der Waals surface area contributed by atoms with Gasteiger partial charge in [-0.15, -0.1) is 0 Å². The quantitative estimate of drug-likeness (QED) is 0.792. The number of hydrogen-bond donors (Lipinski definition) is 1. The summed E-state index contributed by atoms with van der Waals surface area (Å²) in [5.74, 6) is 1.28. The molecule has 0 aromatic rings. The van der Waals surface area contributed by atoms with Gasteiger partial charge in [0.2, 0.25) is 5.91 Å². The molecule has 1 aliphatic heterocycles. The lowest BCUT2D eigenvalue weighted by Gasteiger charge is -2.29. The van der Waals surface area contributed by atoms with E-state index in [4.69, 9.17) is 5.73 Å². The molecule has 0 radical (unpaired) electrons. The number of nitrogens with zero attached hydrogens (tertiary/aromatic N) is 1. The first-order valence-electron chi connectivity index (χ1n) is 6.48. The number of likely N-dealkylation sites (tertiary alicyclic amines) is 1. The van der Waals surface area contributed by atoms with Crippen LogP contribution in [0.15, 0.2) is 0 Å². The monoisotopic (exact) mass is 224 g/mol. The number of carbonyl (C=O) groups excluding carboxylic acids is 1. The number of carbonyl (C=O) groups is 1. The molecular formula is C13H24N2O. The molecule has 2 aliphatic rings. The fourth-order valence-corrected chi connectivity index (χ4v) is 2.51. The van der Waals surface area contributed by atoms with E-state index in [1.54, 1.807) is 0 Å². The highest BCUT2D eigenvalue weighted by Crippen LogP contribution is 2.38. The highest BCUT2D eigenvalue weighted by atomic mass is 16.2. The van der Waals surface area contributed by atoms with Crippen LogP contribution in [0.5, 0.6) is 0 Å². The molecule has 0 aromatic heterocycles. The minimum atomic E-state index is -0.227. The maximum Gasteiger partial charge on any atom is 0.239 e. The van der Waals surface area contributed by atoms with Crippen molar-refractivity contribution in [2.24, 2.45) is 23.0 Å². The summed E-state index contributed by atoms with van der Waals surface area (Å²) < 4.78 is 0. The zero-order valence-electron chi connectivity index (χ0n) is 10.7. The normalized spacial score (nSPS) is 32.2. The number of hydrogen-bond acceptors (Lipinski definition) is 2. The highest BCUT2D eigenvalue weighted by Gasteiger charge is 2.42. The van der Waals surface area contributed by atoms with Crippen molar-refractivity contribution in [3.63, 3.8) is 0 Å². The average molecular weight is 224 g/mol. The Kier molecular flexibility index (Phi) is 2.99. The third-order valence-corrected chi connectivity index (χ3v) is 4.63. The zero-order valence-corrected chi connectivity index (χ0v) is 10.7. The molecule has 2 rings (SSSR count). The van der Waals surface area contributed by atoms with Crippen molar-refractivity contribution < 1.29 is 4.79 Å². The Hall–Kier alpha value is -0.570. The number of amides is 1. The van der Waals surface area contributed by atoms with E-state index >= 15 is 0 Å². The molecular weight excluding hydrogens is 200 g/mol. The van der Waals surface area contributed by atoms with Gasteiger partial charge < -0.3 is 10.6 Å². The minimum Gasteiger partial charge on any atom is -0.341 e. The van der Waals surface area contributed by atoms with E-state index in [9.17, 15) is 4.79 Å². The number of nitrogens with two attached hydrogens (primary N) is 1. The molecule has 2 fully saturated rings. The van der Waals surface area contributed by atoms with Crippen molar-refractivity contribution in [3.8, 4) is 0 Å². The van der Waals surface area contributed by atoms with Gasteiger partial charge in [-0.2, -0.15) is 0 Å². The van der Waals surface area contributed by atoms with Gasteiger partial charge in [0.15, 0.2) is 0 Å². The summed E-state index contributed by atoms with van der Waals surface area (Å²) in [7, 11) is 0. The second-order valence-electron chi connectivity index (χ2n) is 6.18. The summed E-state index contributed by atoms with van der Waals surface area (Å²) in [6.07, 6.45) is 3.40. The SMILES string of the molecule is CC(C)[C@@]1(C)CCN(C(=O)[C@@H](N)C2CC2)C1. The molecule has 3 heteroatoms. The van der Waals surface area contributed by atoms with E-state index in [1.807, 2.05) is 4.90 Å². The van der Waals surface area contributed by atoms with E-state index < -0.39 is 0 Å². The Morgan fingerprint density at radius 2 is 2.06 bits per heavy atom. The van der Waals surface area contributed by atoms with Crippen LogP contribution in [0.1, 0.15) is 40.0 Å². The molecule has 16 heavy (non-hydrogen) atoms. The lowest BCUT2D eigenvalue weighted by molar-refractivity contribution is -0.132. The third-order valence-electron chi connectivity index (χ3n) is 4.63. The average Bonchev–Trinajstić information content (AvgIpc) is 3.00. The Morgan fingerprint density at radius 3 is 2.50 bits per heavy atom. The summed E-state index contributed by atoms with van der Waals surface area (Å²) in [5, 5.41) is 0. The molecule has 0 unspecified atom stereocenters. The standard InChI is InChI=1S/C13H24N2O/c1-9(2)13(3)6-7-15(8-13)12(16)11(14)10-4-5-10/h9-11H,4-8,14H2,1-3H3/t11-,13-/m0/s1. The van der Waals surface area contributed by atoms with Gasteiger partial charge in [0.25, 0.3) is 0 Å². The molecule has 0 spiro atoms. The van der Waals surface area contributed by atoms with Crippen molar-refractivity contribution in [3.05, 3.63) is 0 Å². The fourth-order valence-electron chi connectivity index (χ4n) is 2.51. The Labute approximate surface area is 98.4 Å². The van der Waals surface area contributed by atoms with Gasteiger partial charge in [0, 0.05) is 13.1 Å². The summed E-state index contributed by atoms with van der Waals surface area (Å²) in [6.45, 7) is 8.56. The van der Waals surface area contributed by atoms with Gasteiger partial charge >= 0.3 is 0 Å². The van der Waals surface area contributed by atoms with Crippen LogP contribution >= 0.6 is 0 Å². The predicted molar refractivity (Wildman–Crippen MR) is 64.8 cm³/mol. The Balaban J connectivity index is 1.95. The molecule has 2 N–H and O–H groups in total. The topological polar surface area (TPSA) is 46.3 Å². The van der Waals surface area contributed by atoms with Crippen molar-refractivity contribution in [1.82, 2.24) is 4.90 Å². The lowest BCUT2D eigenvalue weighted by Crippen LogP contribution is -2.45. The van der Waals surface area contributed by atoms with E-state index in [-0.39, 0.29) is 11.9 Å². The van der Waals surface area contributed by atoms with Crippen LogP contribution in [-0.2, 0) is 4.79 Å². The van der Waals surface area contributed by atoms with Gasteiger partial charge in [-0.05, 0) is 36.5 Å². The van der Waals surface area contributed by atoms with Crippen molar-refractivity contribution in [2.75, 3.05) is 13.1 Å². The van der Waals surface area contributed by atoms with E-state index in [0.717, 1.165) is 32.4 Å². The van der Waals surface area contributed by atoms with Crippen LogP contribution < -0.4 is 5.73 Å². The first-order chi connectivity index (χ1) is 7.44. The van der Waals surface area contributed by atoms with Crippen LogP contribution in [-0.4, -0.2) is 29.9 Å². The van der Waals surface area contributed by atoms with Crippen molar-refractivity contribution in [2.45, 2.75) is 46.1 Å². The molecule has 1 saturated heterocycles. The van der Waals surface area contributed by atoms with E-state index in [1.165, 1.54) is 0 Å². The maximum absolute atomic E-state index is 12.1. The highest BCUT2D eigenvalue weighted by molar-refractivity contribution is 5.82. The van der Waals surface area contributed by atoms with Crippen LogP contribution in [0.2, 0.25) is 0 Å². The first kappa shape index (κ1) is 11.9. The summed E-state index contributed by atoms with van der Waals surface area (Å²) >= 11 is 0. The predicted octanol–water partition coefficient (Wildman–Crippen LogP) is 1.62. The largest absolute Gasteiger partial charge is 0.341 e. The van der Waals surface area contributed by atoms with E-state index in [0.29, 0.717) is 17.3 Å². The molecule has 1 heterocycles. The molecule has 3 nitrogen and oxygen atoms in total. The molecule has 1 saturated carbocycles. The van der Waals surface area contributed by atoms with Crippen LogP contribution in [0.3, 0.4) is 0 Å². The van der Waals surface area contributed by atoms with Gasteiger partial charge in [-0.3, -0.25) is 4.79 Å². The number of rotatable bonds is 3. The zero-order chi connectivity index (χ0) is 11.9. The van der Waals surface area contributed by atoms with Crippen LogP contribution in [0.4, 0.5) is 0 Å². The second-order valence-corrected chi connectivity index (χ2v) is 6.18. The summed E-state index contributed by atoms with van der Waals surface area (Å²) in [5.41, 5.74) is 6.27. The smallest absolute Gasteiger partial charge is 0.239 e. The first-order valence-corrected chi connectivity index (χ1v) is 6.48. The van der Waals surface area contributed by atoms with Gasteiger partial charge in [-0.25, -0.2) is 0 Å². The molecule has 0 bridgehead atoms. The maximum atomic E-state index is 12.1.